The molecule has 0 aliphatic carbocycles. The fourth-order valence-electron chi connectivity index (χ4n) is 1.85. The van der Waals surface area contributed by atoms with E-state index in [9.17, 15) is 0 Å². The van der Waals surface area contributed by atoms with Gasteiger partial charge in [0.05, 0.1) is 0 Å². The Balaban J connectivity index is 1.90. The molecule has 58 valence electrons. The Hall–Kier alpha value is 0.270. The monoisotopic (exact) mass is 159 g/mol. The van der Waals surface area contributed by atoms with Crippen molar-refractivity contribution < 1.29 is 4.74 Å². The Labute approximate surface area is 67.1 Å². The summed E-state index contributed by atoms with van der Waals surface area (Å²) in [4.78, 5) is 0. The maximum absolute atomic E-state index is 5.29. The SMILES string of the molecule is SN1CC2(CCOCC2)C1. The molecule has 2 aliphatic rings. The summed E-state index contributed by atoms with van der Waals surface area (Å²) in [5.41, 5.74) is 0.597. The zero-order valence-corrected chi connectivity index (χ0v) is 6.94. The minimum atomic E-state index is 0.597. The molecule has 0 aromatic carbocycles. The first-order valence-corrected chi connectivity index (χ1v) is 4.22. The molecule has 2 heterocycles. The van der Waals surface area contributed by atoms with Crippen molar-refractivity contribution in [3.8, 4) is 0 Å². The van der Waals surface area contributed by atoms with Gasteiger partial charge < -0.3 is 4.74 Å². The van der Waals surface area contributed by atoms with Gasteiger partial charge in [-0.3, -0.25) is 4.31 Å². The molecule has 0 atom stereocenters. The summed E-state index contributed by atoms with van der Waals surface area (Å²) in [6.07, 6.45) is 2.48. The van der Waals surface area contributed by atoms with E-state index < -0.39 is 0 Å². The zero-order chi connectivity index (χ0) is 7.03. The molecule has 2 nitrogen and oxygen atoms in total. The molecule has 0 aromatic heterocycles. The lowest BCUT2D eigenvalue weighted by Crippen LogP contribution is -2.54. The van der Waals surface area contributed by atoms with Gasteiger partial charge in [-0.1, -0.05) is 12.8 Å². The van der Waals surface area contributed by atoms with E-state index in [2.05, 4.69) is 17.1 Å². The second kappa shape index (κ2) is 2.40. The molecule has 2 rings (SSSR count). The fraction of sp³-hybridized carbons (Fsp3) is 1.00. The minimum Gasteiger partial charge on any atom is -0.381 e. The number of thiol groups is 1. The fourth-order valence-corrected chi connectivity index (χ4v) is 2.45. The number of hydrogen-bond donors (Lipinski definition) is 1. The van der Waals surface area contributed by atoms with Gasteiger partial charge in [0.1, 0.15) is 0 Å². The van der Waals surface area contributed by atoms with Gasteiger partial charge in [0.2, 0.25) is 0 Å². The Bertz CT molecular complexity index is 118. The van der Waals surface area contributed by atoms with Crippen LogP contribution < -0.4 is 0 Å². The summed E-state index contributed by atoms with van der Waals surface area (Å²) in [6.45, 7) is 4.25. The van der Waals surface area contributed by atoms with Crippen molar-refractivity contribution in [2.75, 3.05) is 26.3 Å². The van der Waals surface area contributed by atoms with E-state index in [4.69, 9.17) is 4.74 Å². The quantitative estimate of drug-likeness (QED) is 0.528. The Morgan fingerprint density at radius 1 is 1.20 bits per heavy atom. The molecule has 0 radical (unpaired) electrons. The molecule has 0 bridgehead atoms. The van der Waals surface area contributed by atoms with E-state index in [1.54, 1.807) is 0 Å². The molecule has 0 saturated carbocycles. The summed E-state index contributed by atoms with van der Waals surface area (Å²) in [5.74, 6) is 0. The summed E-state index contributed by atoms with van der Waals surface area (Å²) >= 11 is 4.26. The largest absolute Gasteiger partial charge is 0.381 e. The summed E-state index contributed by atoms with van der Waals surface area (Å²) < 4.78 is 7.38. The van der Waals surface area contributed by atoms with Crippen molar-refractivity contribution in [1.29, 1.82) is 0 Å². The van der Waals surface area contributed by atoms with Crippen molar-refractivity contribution in [2.45, 2.75) is 12.8 Å². The third kappa shape index (κ3) is 1.06. The van der Waals surface area contributed by atoms with E-state index in [1.807, 2.05) is 0 Å². The van der Waals surface area contributed by atoms with E-state index >= 15 is 0 Å². The molecule has 0 unspecified atom stereocenters. The van der Waals surface area contributed by atoms with Crippen molar-refractivity contribution in [3.63, 3.8) is 0 Å². The lowest BCUT2D eigenvalue weighted by Gasteiger charge is -2.49. The number of ether oxygens (including phenoxy) is 1. The van der Waals surface area contributed by atoms with Crippen LogP contribution in [0.4, 0.5) is 0 Å². The molecule has 0 aromatic rings. The summed E-state index contributed by atoms with van der Waals surface area (Å²) in [7, 11) is 0. The van der Waals surface area contributed by atoms with Crippen LogP contribution in [0.1, 0.15) is 12.8 Å². The first kappa shape index (κ1) is 6.95. The molecule has 2 aliphatic heterocycles. The molecule has 0 amide bonds. The number of rotatable bonds is 0. The Kier molecular flexibility index (Phi) is 1.66. The van der Waals surface area contributed by atoms with Crippen LogP contribution in [0.2, 0.25) is 0 Å². The van der Waals surface area contributed by atoms with Gasteiger partial charge in [-0.05, 0) is 12.8 Å². The Morgan fingerprint density at radius 3 is 2.30 bits per heavy atom. The van der Waals surface area contributed by atoms with E-state index in [1.165, 1.54) is 25.9 Å². The highest BCUT2D eigenvalue weighted by Crippen LogP contribution is 2.40. The van der Waals surface area contributed by atoms with E-state index in [-0.39, 0.29) is 0 Å². The van der Waals surface area contributed by atoms with Crippen LogP contribution in [-0.2, 0) is 4.74 Å². The first-order chi connectivity index (χ1) is 4.81. The second-order valence-corrected chi connectivity index (χ2v) is 4.00. The Morgan fingerprint density at radius 2 is 1.80 bits per heavy atom. The highest BCUT2D eigenvalue weighted by atomic mass is 32.1. The summed E-state index contributed by atoms with van der Waals surface area (Å²) in [5, 5.41) is 0. The average Bonchev–Trinajstić information content (AvgIpc) is 1.87. The molecule has 1 spiro atoms. The molecular weight excluding hydrogens is 146 g/mol. The van der Waals surface area contributed by atoms with Crippen LogP contribution in [0.25, 0.3) is 0 Å². The maximum Gasteiger partial charge on any atom is 0.0472 e. The molecular formula is C7H13NOS. The number of hydrogen-bond acceptors (Lipinski definition) is 3. The van der Waals surface area contributed by atoms with Crippen molar-refractivity contribution in [3.05, 3.63) is 0 Å². The van der Waals surface area contributed by atoms with Crippen LogP contribution in [0.15, 0.2) is 0 Å². The second-order valence-electron chi connectivity index (χ2n) is 3.44. The molecule has 10 heavy (non-hydrogen) atoms. The molecule has 3 heteroatoms. The lowest BCUT2D eigenvalue weighted by atomic mass is 9.75. The third-order valence-corrected chi connectivity index (χ3v) is 2.87. The van der Waals surface area contributed by atoms with Gasteiger partial charge in [0, 0.05) is 31.7 Å². The van der Waals surface area contributed by atoms with Gasteiger partial charge in [-0.25, -0.2) is 0 Å². The third-order valence-electron chi connectivity index (χ3n) is 2.59. The molecule has 0 N–H and O–H groups in total. The van der Waals surface area contributed by atoms with Gasteiger partial charge >= 0.3 is 0 Å². The summed E-state index contributed by atoms with van der Waals surface area (Å²) in [6, 6.07) is 0. The standard InChI is InChI=1S/C7H13NOS/c10-8-5-7(6-8)1-3-9-4-2-7/h10H,1-6H2. The van der Waals surface area contributed by atoms with Gasteiger partial charge in [0.25, 0.3) is 0 Å². The first-order valence-electron chi connectivity index (χ1n) is 3.82. The van der Waals surface area contributed by atoms with Crippen LogP contribution in [0.3, 0.4) is 0 Å². The predicted octanol–water partition coefficient (Wildman–Crippen LogP) is 0.944. The average molecular weight is 159 g/mol. The minimum absolute atomic E-state index is 0.597. The van der Waals surface area contributed by atoms with E-state index in [0.29, 0.717) is 5.41 Å². The lowest BCUT2D eigenvalue weighted by molar-refractivity contribution is -0.0434. The topological polar surface area (TPSA) is 12.5 Å². The van der Waals surface area contributed by atoms with E-state index in [0.717, 1.165) is 13.2 Å². The van der Waals surface area contributed by atoms with Gasteiger partial charge in [-0.2, -0.15) is 0 Å². The van der Waals surface area contributed by atoms with Crippen molar-refractivity contribution in [2.24, 2.45) is 5.41 Å². The highest BCUT2D eigenvalue weighted by molar-refractivity contribution is 7.77. The van der Waals surface area contributed by atoms with Crippen molar-refractivity contribution in [1.82, 2.24) is 4.31 Å². The van der Waals surface area contributed by atoms with Crippen LogP contribution >= 0.6 is 12.8 Å². The van der Waals surface area contributed by atoms with Crippen LogP contribution in [0, 0.1) is 5.41 Å². The molecule has 2 saturated heterocycles. The van der Waals surface area contributed by atoms with Gasteiger partial charge in [0.15, 0.2) is 0 Å². The van der Waals surface area contributed by atoms with Crippen molar-refractivity contribution >= 4 is 12.8 Å². The maximum atomic E-state index is 5.29. The zero-order valence-electron chi connectivity index (χ0n) is 6.05. The molecule has 2 fully saturated rings. The van der Waals surface area contributed by atoms with Gasteiger partial charge in [-0.15, -0.1) is 0 Å². The highest BCUT2D eigenvalue weighted by Gasteiger charge is 2.42. The van der Waals surface area contributed by atoms with Crippen LogP contribution in [0.5, 0.6) is 0 Å². The normalized spacial score (nSPS) is 32.1. The van der Waals surface area contributed by atoms with Crippen LogP contribution in [-0.4, -0.2) is 30.6 Å². The predicted molar refractivity (Wildman–Crippen MR) is 43.0 cm³/mol. The smallest absolute Gasteiger partial charge is 0.0472 e. The number of nitrogens with zero attached hydrogens (tertiary/aromatic N) is 1.